The molecule has 3 aromatic rings. The predicted octanol–water partition coefficient (Wildman–Crippen LogP) is 7.24. The van der Waals surface area contributed by atoms with E-state index in [9.17, 15) is 9.18 Å². The Hall–Kier alpha value is -2.39. The Labute approximate surface area is 213 Å². The first-order valence-electron chi connectivity index (χ1n) is 9.64. The molecule has 0 saturated carbocycles. The lowest BCUT2D eigenvalue weighted by molar-refractivity contribution is -0.113. The van der Waals surface area contributed by atoms with Crippen molar-refractivity contribution < 1.29 is 18.7 Å². The van der Waals surface area contributed by atoms with Crippen molar-refractivity contribution in [3.8, 4) is 11.5 Å². The van der Waals surface area contributed by atoms with Crippen molar-refractivity contribution in [3.63, 3.8) is 0 Å². The Kier molecular flexibility index (Phi) is 7.38. The van der Waals surface area contributed by atoms with Gasteiger partial charge in [0.1, 0.15) is 12.4 Å². The maximum atomic E-state index is 14.1. The minimum absolute atomic E-state index is 0.0731. The summed E-state index contributed by atoms with van der Waals surface area (Å²) in [7, 11) is 1.51. The molecule has 4 rings (SSSR count). The van der Waals surface area contributed by atoms with Gasteiger partial charge in [-0.2, -0.15) is 0 Å². The number of rotatable bonds is 6. The van der Waals surface area contributed by atoms with Gasteiger partial charge in [-0.1, -0.05) is 69.7 Å². The first-order valence-corrected chi connectivity index (χ1v) is 12.0. The number of hydrogen-bond acceptors (Lipinski definition) is 5. The number of thiocarbonyl (C=S) groups is 1. The molecule has 0 spiro atoms. The van der Waals surface area contributed by atoms with E-state index in [2.05, 4.69) is 15.9 Å². The maximum absolute atomic E-state index is 14.1. The third kappa shape index (κ3) is 5.24. The van der Waals surface area contributed by atoms with Crippen LogP contribution in [0.3, 0.4) is 0 Å². The minimum atomic E-state index is -0.450. The SMILES string of the molecule is COc1ccc(C=C2SC(=S)N(c3cccc(Br)c3)C2=O)cc1OCc1c(F)cccc1Cl. The molecule has 4 nitrogen and oxygen atoms in total. The monoisotopic (exact) mass is 563 g/mol. The van der Waals surface area contributed by atoms with Crippen LogP contribution in [0.15, 0.2) is 70.0 Å². The first kappa shape index (κ1) is 23.8. The Morgan fingerprint density at radius 3 is 2.67 bits per heavy atom. The molecular formula is C24H16BrClFNO3S2. The highest BCUT2D eigenvalue weighted by Crippen LogP contribution is 2.38. The molecule has 0 unspecified atom stereocenters. The molecule has 33 heavy (non-hydrogen) atoms. The number of ether oxygens (including phenoxy) is 2. The fraction of sp³-hybridized carbons (Fsp3) is 0.0833. The number of nitrogens with zero attached hydrogens (tertiary/aromatic N) is 1. The normalized spacial score (nSPS) is 14.8. The van der Waals surface area contributed by atoms with Crippen molar-refractivity contribution in [1.82, 2.24) is 0 Å². The number of thioether (sulfide) groups is 1. The van der Waals surface area contributed by atoms with Crippen LogP contribution in [0, 0.1) is 5.82 Å². The fourth-order valence-corrected chi connectivity index (χ4v) is 5.08. The van der Waals surface area contributed by atoms with E-state index in [0.717, 1.165) is 4.47 Å². The van der Waals surface area contributed by atoms with E-state index in [0.29, 0.717) is 32.0 Å². The molecule has 1 aliphatic rings. The molecule has 0 aromatic heterocycles. The van der Waals surface area contributed by atoms with Gasteiger partial charge in [0.15, 0.2) is 15.8 Å². The van der Waals surface area contributed by atoms with Crippen LogP contribution in [0.2, 0.25) is 5.02 Å². The number of methoxy groups -OCH3 is 1. The van der Waals surface area contributed by atoms with Gasteiger partial charge in [0.05, 0.1) is 22.7 Å². The zero-order chi connectivity index (χ0) is 23.5. The van der Waals surface area contributed by atoms with E-state index in [1.165, 1.54) is 35.9 Å². The van der Waals surface area contributed by atoms with Gasteiger partial charge in [-0.15, -0.1) is 0 Å². The Balaban J connectivity index is 1.59. The minimum Gasteiger partial charge on any atom is -0.493 e. The highest BCUT2D eigenvalue weighted by atomic mass is 79.9. The van der Waals surface area contributed by atoms with Gasteiger partial charge < -0.3 is 9.47 Å². The molecule has 0 atom stereocenters. The van der Waals surface area contributed by atoms with Gasteiger partial charge in [-0.05, 0) is 54.1 Å². The average Bonchev–Trinajstić information content (AvgIpc) is 3.06. The Morgan fingerprint density at radius 1 is 1.15 bits per heavy atom. The molecule has 3 aromatic carbocycles. The first-order chi connectivity index (χ1) is 15.9. The summed E-state index contributed by atoms with van der Waals surface area (Å²) >= 11 is 16.2. The van der Waals surface area contributed by atoms with E-state index in [-0.39, 0.29) is 23.1 Å². The Bertz CT molecular complexity index is 1260. The molecule has 168 valence electrons. The van der Waals surface area contributed by atoms with Crippen LogP contribution in [0.5, 0.6) is 11.5 Å². The van der Waals surface area contributed by atoms with Crippen molar-refractivity contribution in [2.24, 2.45) is 0 Å². The third-order valence-electron chi connectivity index (χ3n) is 4.78. The standard InChI is InChI=1S/C24H16BrClFNO3S2/c1-30-20-9-8-14(10-21(20)31-13-17-18(26)6-3-7-19(17)27)11-22-23(29)28(24(32)33-22)16-5-2-4-15(25)12-16/h2-12H,13H2,1H3. The van der Waals surface area contributed by atoms with Crippen LogP contribution < -0.4 is 14.4 Å². The molecule has 1 aliphatic heterocycles. The molecule has 0 aliphatic carbocycles. The van der Waals surface area contributed by atoms with Gasteiger partial charge in [0.2, 0.25) is 0 Å². The zero-order valence-electron chi connectivity index (χ0n) is 17.2. The molecule has 1 saturated heterocycles. The highest BCUT2D eigenvalue weighted by molar-refractivity contribution is 9.10. The zero-order valence-corrected chi connectivity index (χ0v) is 21.2. The van der Waals surface area contributed by atoms with Gasteiger partial charge in [-0.3, -0.25) is 9.69 Å². The molecule has 1 heterocycles. The average molecular weight is 565 g/mol. The smallest absolute Gasteiger partial charge is 0.270 e. The molecule has 1 fully saturated rings. The summed E-state index contributed by atoms with van der Waals surface area (Å²) in [5.74, 6) is 0.211. The second-order valence-electron chi connectivity index (χ2n) is 6.90. The van der Waals surface area contributed by atoms with Crippen LogP contribution in [0.1, 0.15) is 11.1 Å². The van der Waals surface area contributed by atoms with Crippen molar-refractivity contribution in [2.75, 3.05) is 12.0 Å². The van der Waals surface area contributed by atoms with Crippen LogP contribution in [0.25, 0.3) is 6.08 Å². The van der Waals surface area contributed by atoms with Gasteiger partial charge in [0.25, 0.3) is 5.91 Å². The summed E-state index contributed by atoms with van der Waals surface area (Å²) in [5, 5.41) is 0.279. The fourth-order valence-electron chi connectivity index (χ4n) is 3.17. The van der Waals surface area contributed by atoms with Crippen LogP contribution >= 0.6 is 51.5 Å². The van der Waals surface area contributed by atoms with Crippen molar-refractivity contribution in [3.05, 3.63) is 92.0 Å². The van der Waals surface area contributed by atoms with E-state index >= 15 is 0 Å². The van der Waals surface area contributed by atoms with E-state index in [4.69, 9.17) is 33.3 Å². The predicted molar refractivity (Wildman–Crippen MR) is 139 cm³/mol. The van der Waals surface area contributed by atoms with Crippen LogP contribution in [-0.4, -0.2) is 17.3 Å². The maximum Gasteiger partial charge on any atom is 0.270 e. The summed E-state index contributed by atoms with van der Waals surface area (Å²) < 4.78 is 26.6. The van der Waals surface area contributed by atoms with E-state index in [1.807, 2.05) is 24.3 Å². The summed E-state index contributed by atoms with van der Waals surface area (Å²) in [6.07, 6.45) is 1.74. The quantitative estimate of drug-likeness (QED) is 0.233. The van der Waals surface area contributed by atoms with Crippen molar-refractivity contribution in [2.45, 2.75) is 6.61 Å². The summed E-state index contributed by atoms with van der Waals surface area (Å²) in [5.41, 5.74) is 1.65. The van der Waals surface area contributed by atoms with Gasteiger partial charge in [-0.25, -0.2) is 4.39 Å². The van der Waals surface area contributed by atoms with Gasteiger partial charge >= 0.3 is 0 Å². The van der Waals surface area contributed by atoms with Gasteiger partial charge in [0, 0.05) is 10.0 Å². The molecule has 9 heteroatoms. The highest BCUT2D eigenvalue weighted by Gasteiger charge is 2.33. The van der Waals surface area contributed by atoms with E-state index < -0.39 is 5.82 Å². The van der Waals surface area contributed by atoms with Crippen molar-refractivity contribution in [1.29, 1.82) is 0 Å². The Morgan fingerprint density at radius 2 is 1.94 bits per heavy atom. The second-order valence-corrected chi connectivity index (χ2v) is 9.89. The molecule has 0 bridgehead atoms. The lowest BCUT2D eigenvalue weighted by Gasteiger charge is -2.14. The van der Waals surface area contributed by atoms with Crippen LogP contribution in [0.4, 0.5) is 10.1 Å². The number of hydrogen-bond donors (Lipinski definition) is 0. The molecular weight excluding hydrogens is 549 g/mol. The number of benzene rings is 3. The second kappa shape index (κ2) is 10.3. The number of carbonyl (C=O) groups is 1. The number of amides is 1. The topological polar surface area (TPSA) is 38.8 Å². The summed E-state index contributed by atoms with van der Waals surface area (Å²) in [6, 6.07) is 17.1. The lowest BCUT2D eigenvalue weighted by Crippen LogP contribution is -2.27. The molecule has 1 amide bonds. The van der Waals surface area contributed by atoms with E-state index in [1.54, 1.807) is 30.3 Å². The summed E-state index contributed by atoms with van der Waals surface area (Å²) in [6.45, 7) is -0.0731. The molecule has 0 N–H and O–H groups in total. The third-order valence-corrected chi connectivity index (χ3v) is 6.93. The van der Waals surface area contributed by atoms with Crippen molar-refractivity contribution >= 4 is 73.5 Å². The largest absolute Gasteiger partial charge is 0.493 e. The molecule has 0 radical (unpaired) electrons. The van der Waals surface area contributed by atoms with Crippen LogP contribution in [-0.2, 0) is 11.4 Å². The number of anilines is 1. The summed E-state index contributed by atoms with van der Waals surface area (Å²) in [4.78, 5) is 15.0. The number of halogens is 3. The number of carbonyl (C=O) groups excluding carboxylic acids is 1. The lowest BCUT2D eigenvalue weighted by atomic mass is 10.1.